The quantitative estimate of drug-likeness (QED) is 0.616. The number of hydrogen-bond acceptors (Lipinski definition) is 2. The topological polar surface area (TPSA) is 41.6 Å². The molecule has 0 saturated heterocycles. The van der Waals surface area contributed by atoms with Crippen molar-refractivity contribution in [2.24, 2.45) is 0 Å². The molecule has 3 heteroatoms. The first-order valence-corrected chi connectivity index (χ1v) is 3.97. The number of hydrogen-bond donors (Lipinski definition) is 1. The molecule has 0 aromatic carbocycles. The van der Waals surface area contributed by atoms with Crippen LogP contribution in [-0.4, -0.2) is 15.2 Å². The molecule has 11 heavy (non-hydrogen) atoms. The largest absolute Gasteiger partial charge is 0.263 e. The van der Waals surface area contributed by atoms with E-state index in [0.29, 0.717) is 5.92 Å². The maximum absolute atomic E-state index is 4.14. The normalized spacial score (nSPS) is 23.8. The summed E-state index contributed by atoms with van der Waals surface area (Å²) in [6, 6.07) is 0. The van der Waals surface area contributed by atoms with Crippen LogP contribution in [0.4, 0.5) is 0 Å². The Bertz CT molecular complexity index is 238. The average molecular weight is 149 g/mol. The van der Waals surface area contributed by atoms with Gasteiger partial charge >= 0.3 is 0 Å². The summed E-state index contributed by atoms with van der Waals surface area (Å²) in [5.74, 6) is 1.61. The molecule has 0 saturated carbocycles. The minimum Gasteiger partial charge on any atom is -0.263 e. The van der Waals surface area contributed by atoms with Gasteiger partial charge < -0.3 is 0 Å². The fourth-order valence-electron chi connectivity index (χ4n) is 1.45. The Balaban J connectivity index is 2.11. The molecule has 1 atom stereocenters. The summed E-state index contributed by atoms with van der Waals surface area (Å²) in [6.07, 6.45) is 9.50. The maximum Gasteiger partial charge on any atom is 0.137 e. The Morgan fingerprint density at radius 1 is 1.45 bits per heavy atom. The number of H-pyrrole nitrogens is 1. The van der Waals surface area contributed by atoms with Crippen LogP contribution in [0, 0.1) is 0 Å². The summed E-state index contributed by atoms with van der Waals surface area (Å²) in [5.41, 5.74) is 0. The third kappa shape index (κ3) is 1.31. The van der Waals surface area contributed by atoms with Crippen LogP contribution in [-0.2, 0) is 0 Å². The Hall–Kier alpha value is -1.12. The van der Waals surface area contributed by atoms with E-state index in [4.69, 9.17) is 0 Å². The molecule has 0 fully saturated rings. The van der Waals surface area contributed by atoms with E-state index >= 15 is 0 Å². The molecule has 1 aromatic rings. The molecule has 0 amide bonds. The van der Waals surface area contributed by atoms with Gasteiger partial charge in [0.1, 0.15) is 12.2 Å². The third-order valence-electron chi connectivity index (χ3n) is 2.09. The molecular weight excluding hydrogens is 138 g/mol. The molecular formula is C8H11N3. The first-order valence-electron chi connectivity index (χ1n) is 3.97. The highest BCUT2D eigenvalue weighted by atomic mass is 15.2. The van der Waals surface area contributed by atoms with E-state index in [0.717, 1.165) is 12.2 Å². The van der Waals surface area contributed by atoms with Gasteiger partial charge in [-0.2, -0.15) is 5.10 Å². The van der Waals surface area contributed by atoms with Gasteiger partial charge in [-0.3, -0.25) is 5.10 Å². The second-order valence-corrected chi connectivity index (χ2v) is 2.85. The maximum atomic E-state index is 4.14. The molecule has 0 radical (unpaired) electrons. The van der Waals surface area contributed by atoms with E-state index in [1.165, 1.54) is 12.8 Å². The summed E-state index contributed by atoms with van der Waals surface area (Å²) in [7, 11) is 0. The minimum atomic E-state index is 0.572. The molecule has 1 heterocycles. The zero-order valence-corrected chi connectivity index (χ0v) is 6.33. The minimum absolute atomic E-state index is 0.572. The van der Waals surface area contributed by atoms with E-state index < -0.39 is 0 Å². The summed E-state index contributed by atoms with van der Waals surface area (Å²) < 4.78 is 0. The predicted molar refractivity (Wildman–Crippen MR) is 42.1 cm³/mol. The van der Waals surface area contributed by atoms with Gasteiger partial charge in [0.15, 0.2) is 0 Å². The van der Waals surface area contributed by atoms with Gasteiger partial charge in [0.05, 0.1) is 0 Å². The summed E-state index contributed by atoms with van der Waals surface area (Å²) in [5, 5.41) is 6.75. The van der Waals surface area contributed by atoms with Crippen LogP contribution in [0.1, 0.15) is 31.0 Å². The van der Waals surface area contributed by atoms with Crippen molar-refractivity contribution in [2.75, 3.05) is 0 Å². The van der Waals surface area contributed by atoms with E-state index in [2.05, 4.69) is 27.3 Å². The Labute approximate surface area is 65.5 Å². The lowest BCUT2D eigenvalue weighted by Gasteiger charge is -2.13. The Morgan fingerprint density at radius 2 is 2.45 bits per heavy atom. The second kappa shape index (κ2) is 2.86. The fourth-order valence-corrected chi connectivity index (χ4v) is 1.45. The molecule has 1 N–H and O–H groups in total. The SMILES string of the molecule is C1=CCC(c2ncn[nH]2)CC1. The number of nitrogens with one attached hydrogen (secondary N) is 1. The van der Waals surface area contributed by atoms with Gasteiger partial charge in [-0.25, -0.2) is 4.98 Å². The van der Waals surface area contributed by atoms with Crippen molar-refractivity contribution in [3.8, 4) is 0 Å². The highest BCUT2D eigenvalue weighted by Gasteiger charge is 2.13. The van der Waals surface area contributed by atoms with Crippen molar-refractivity contribution < 1.29 is 0 Å². The van der Waals surface area contributed by atoms with Gasteiger partial charge in [0.2, 0.25) is 0 Å². The molecule has 0 spiro atoms. The van der Waals surface area contributed by atoms with Gasteiger partial charge in [0, 0.05) is 5.92 Å². The molecule has 1 aliphatic rings. The van der Waals surface area contributed by atoms with Crippen LogP contribution in [0.2, 0.25) is 0 Å². The monoisotopic (exact) mass is 149 g/mol. The first kappa shape index (κ1) is 6.58. The standard InChI is InChI=1S/C8H11N3/c1-2-4-7(5-3-1)8-9-6-10-11-8/h1-2,6-7H,3-5H2,(H,9,10,11). The number of nitrogens with zero attached hydrogens (tertiary/aromatic N) is 2. The summed E-state index contributed by atoms with van der Waals surface area (Å²) >= 11 is 0. The van der Waals surface area contributed by atoms with Crippen molar-refractivity contribution in [1.82, 2.24) is 15.2 Å². The Morgan fingerprint density at radius 3 is 3.09 bits per heavy atom. The van der Waals surface area contributed by atoms with Crippen LogP contribution in [0.3, 0.4) is 0 Å². The van der Waals surface area contributed by atoms with Crippen molar-refractivity contribution >= 4 is 0 Å². The van der Waals surface area contributed by atoms with Crippen LogP contribution in [0.25, 0.3) is 0 Å². The lowest BCUT2D eigenvalue weighted by atomic mass is 9.94. The molecule has 1 aromatic heterocycles. The predicted octanol–water partition coefficient (Wildman–Crippen LogP) is 1.63. The van der Waals surface area contributed by atoms with Gasteiger partial charge in [-0.1, -0.05) is 12.2 Å². The lowest BCUT2D eigenvalue weighted by Crippen LogP contribution is -2.02. The van der Waals surface area contributed by atoms with Crippen molar-refractivity contribution in [1.29, 1.82) is 0 Å². The zero-order valence-electron chi connectivity index (χ0n) is 6.33. The van der Waals surface area contributed by atoms with Gasteiger partial charge in [-0.05, 0) is 19.3 Å². The number of rotatable bonds is 1. The van der Waals surface area contributed by atoms with Crippen LogP contribution >= 0.6 is 0 Å². The van der Waals surface area contributed by atoms with Crippen molar-refractivity contribution in [3.05, 3.63) is 24.3 Å². The summed E-state index contributed by atoms with van der Waals surface area (Å²) in [6.45, 7) is 0. The van der Waals surface area contributed by atoms with Crippen molar-refractivity contribution in [3.63, 3.8) is 0 Å². The molecule has 2 rings (SSSR count). The molecule has 3 nitrogen and oxygen atoms in total. The number of aromatic amines is 1. The van der Waals surface area contributed by atoms with Gasteiger partial charge in [-0.15, -0.1) is 0 Å². The average Bonchev–Trinajstić information content (AvgIpc) is 2.58. The summed E-state index contributed by atoms with van der Waals surface area (Å²) in [4.78, 5) is 4.14. The highest BCUT2D eigenvalue weighted by Crippen LogP contribution is 2.25. The molecule has 1 unspecified atom stereocenters. The van der Waals surface area contributed by atoms with E-state index in [-0.39, 0.29) is 0 Å². The van der Waals surface area contributed by atoms with Crippen LogP contribution in [0.15, 0.2) is 18.5 Å². The second-order valence-electron chi connectivity index (χ2n) is 2.85. The zero-order chi connectivity index (χ0) is 7.52. The Kier molecular flexibility index (Phi) is 1.71. The van der Waals surface area contributed by atoms with Gasteiger partial charge in [0.25, 0.3) is 0 Å². The van der Waals surface area contributed by atoms with Crippen LogP contribution in [0.5, 0.6) is 0 Å². The third-order valence-corrected chi connectivity index (χ3v) is 2.09. The lowest BCUT2D eigenvalue weighted by molar-refractivity contribution is 0.585. The van der Waals surface area contributed by atoms with E-state index in [1.54, 1.807) is 6.33 Å². The number of aromatic nitrogens is 3. The highest BCUT2D eigenvalue weighted by molar-refractivity contribution is 5.02. The number of allylic oxidation sites excluding steroid dienone is 2. The molecule has 1 aliphatic carbocycles. The first-order chi connectivity index (χ1) is 5.47. The molecule has 58 valence electrons. The van der Waals surface area contributed by atoms with Crippen molar-refractivity contribution in [2.45, 2.75) is 25.2 Å². The molecule has 0 aliphatic heterocycles. The van der Waals surface area contributed by atoms with Crippen LogP contribution < -0.4 is 0 Å². The van der Waals surface area contributed by atoms with E-state index in [1.807, 2.05) is 0 Å². The molecule has 0 bridgehead atoms. The fraction of sp³-hybridized carbons (Fsp3) is 0.500. The smallest absolute Gasteiger partial charge is 0.137 e. The van der Waals surface area contributed by atoms with E-state index in [9.17, 15) is 0 Å².